The molecule has 2 N–H and O–H groups in total. The van der Waals surface area contributed by atoms with Crippen LogP contribution in [0, 0.1) is 23.2 Å². The Kier molecular flexibility index (Phi) is 6.97. The molecule has 4 bridgehead atoms. The average molecular weight is 475 g/mol. The molecule has 0 unspecified atom stereocenters. The van der Waals surface area contributed by atoms with E-state index in [-0.39, 0.29) is 23.3 Å². The molecule has 0 aromatic heterocycles. The smallest absolute Gasteiger partial charge is 0.251 e. The first-order chi connectivity index (χ1) is 16.9. The van der Waals surface area contributed by atoms with Crippen LogP contribution in [-0.4, -0.2) is 17.9 Å². The van der Waals surface area contributed by atoms with Crippen molar-refractivity contribution in [2.24, 2.45) is 23.2 Å². The molecule has 0 aliphatic heterocycles. The van der Waals surface area contributed by atoms with E-state index in [0.717, 1.165) is 53.7 Å². The van der Waals surface area contributed by atoms with Gasteiger partial charge in [0.05, 0.1) is 12.7 Å². The quantitative estimate of drug-likeness (QED) is 0.513. The summed E-state index contributed by atoms with van der Waals surface area (Å²) in [6, 6.07) is 15.7. The minimum Gasteiger partial charge on any atom is -0.374 e. The summed E-state index contributed by atoms with van der Waals surface area (Å²) in [6.07, 6.45) is 7.48. The number of carbonyl (C=O) groups excluding carboxylic acids is 2. The van der Waals surface area contributed by atoms with Crippen LogP contribution in [0.4, 0.5) is 0 Å². The van der Waals surface area contributed by atoms with Gasteiger partial charge in [-0.05, 0) is 98.9 Å². The molecule has 2 aromatic rings. The van der Waals surface area contributed by atoms with Crippen LogP contribution in [0.25, 0.3) is 0 Å². The molecule has 6 rings (SSSR count). The monoisotopic (exact) mass is 474 g/mol. The van der Waals surface area contributed by atoms with Crippen LogP contribution in [0.2, 0.25) is 0 Å². The molecule has 5 nitrogen and oxygen atoms in total. The fourth-order valence-corrected chi connectivity index (χ4v) is 6.83. The molecule has 0 atom stereocenters. The lowest BCUT2D eigenvalue weighted by Crippen LogP contribution is -2.53. The highest BCUT2D eigenvalue weighted by Gasteiger charge is 2.54. The van der Waals surface area contributed by atoms with Crippen molar-refractivity contribution < 1.29 is 14.3 Å². The van der Waals surface area contributed by atoms with Gasteiger partial charge in [0.2, 0.25) is 5.91 Å². The second kappa shape index (κ2) is 10.1. The largest absolute Gasteiger partial charge is 0.374 e. The Morgan fingerprint density at radius 1 is 0.800 bits per heavy atom. The normalized spacial score (nSPS) is 26.7. The Labute approximate surface area is 209 Å². The molecule has 0 radical (unpaired) electrons. The van der Waals surface area contributed by atoms with Crippen molar-refractivity contribution >= 4 is 11.8 Å². The van der Waals surface area contributed by atoms with Crippen LogP contribution in [0.3, 0.4) is 0 Å². The van der Waals surface area contributed by atoms with Gasteiger partial charge in [0.15, 0.2) is 0 Å². The molecule has 5 heteroatoms. The maximum atomic E-state index is 13.2. The summed E-state index contributed by atoms with van der Waals surface area (Å²) in [5.74, 6) is 2.45. The molecule has 0 spiro atoms. The lowest BCUT2D eigenvalue weighted by Gasteiger charge is -2.55. The minimum atomic E-state index is -0.117. The third-order valence-electron chi connectivity index (χ3n) is 8.25. The zero-order valence-corrected chi connectivity index (χ0v) is 21.0. The third-order valence-corrected chi connectivity index (χ3v) is 8.25. The molecule has 0 saturated heterocycles. The molecule has 4 aliphatic carbocycles. The summed E-state index contributed by atoms with van der Waals surface area (Å²) in [5.41, 5.74) is 3.71. The number of ether oxygens (including phenoxy) is 1. The van der Waals surface area contributed by atoms with Crippen LogP contribution < -0.4 is 10.6 Å². The number of benzene rings is 2. The van der Waals surface area contributed by atoms with Crippen LogP contribution in [0.1, 0.15) is 79.4 Å². The SMILES string of the molecule is CC(C)OCc1ccc(CNC(=O)c2ccc(CNC(=O)C34CC5CC(CC(C5)C3)C4)cc2)cc1. The maximum absolute atomic E-state index is 13.2. The third kappa shape index (κ3) is 5.61. The molecule has 2 amide bonds. The van der Waals surface area contributed by atoms with Gasteiger partial charge in [-0.15, -0.1) is 0 Å². The van der Waals surface area contributed by atoms with Crippen molar-refractivity contribution in [1.82, 2.24) is 10.6 Å². The van der Waals surface area contributed by atoms with Crippen LogP contribution in [0.15, 0.2) is 48.5 Å². The van der Waals surface area contributed by atoms with Crippen molar-refractivity contribution in [3.8, 4) is 0 Å². The zero-order chi connectivity index (χ0) is 24.4. The van der Waals surface area contributed by atoms with Gasteiger partial charge in [-0.1, -0.05) is 36.4 Å². The number of carbonyl (C=O) groups is 2. The topological polar surface area (TPSA) is 67.4 Å². The predicted molar refractivity (Wildman–Crippen MR) is 136 cm³/mol. The van der Waals surface area contributed by atoms with Crippen molar-refractivity contribution in [3.63, 3.8) is 0 Å². The van der Waals surface area contributed by atoms with E-state index in [4.69, 9.17) is 4.74 Å². The van der Waals surface area contributed by atoms with Crippen molar-refractivity contribution in [3.05, 3.63) is 70.8 Å². The molecule has 186 valence electrons. The first-order valence-corrected chi connectivity index (χ1v) is 13.2. The van der Waals surface area contributed by atoms with Crippen LogP contribution >= 0.6 is 0 Å². The van der Waals surface area contributed by atoms with E-state index in [9.17, 15) is 9.59 Å². The first kappa shape index (κ1) is 24.1. The number of amides is 2. The van der Waals surface area contributed by atoms with E-state index in [2.05, 4.69) is 10.6 Å². The summed E-state index contributed by atoms with van der Waals surface area (Å²) in [5, 5.41) is 6.21. The van der Waals surface area contributed by atoms with E-state index in [0.29, 0.717) is 25.3 Å². The van der Waals surface area contributed by atoms with Gasteiger partial charge in [0, 0.05) is 24.1 Å². The highest BCUT2D eigenvalue weighted by atomic mass is 16.5. The molecule has 2 aromatic carbocycles. The first-order valence-electron chi connectivity index (χ1n) is 13.2. The lowest BCUT2D eigenvalue weighted by molar-refractivity contribution is -0.146. The Morgan fingerprint density at radius 3 is 1.83 bits per heavy atom. The molecule has 4 fully saturated rings. The van der Waals surface area contributed by atoms with Crippen LogP contribution in [-0.2, 0) is 29.2 Å². The standard InChI is InChI=1S/C30H38N2O3/c1-20(2)35-19-23-5-3-21(4-6-23)17-31-28(33)27-9-7-22(8-10-27)18-32-29(34)30-14-24-11-25(15-30)13-26(12-24)16-30/h3-10,20,24-26H,11-19H2,1-2H3,(H,31,33)(H,32,34). The van der Waals surface area contributed by atoms with Crippen molar-refractivity contribution in [2.45, 2.75) is 78.2 Å². The van der Waals surface area contributed by atoms with Gasteiger partial charge in [-0.25, -0.2) is 0 Å². The van der Waals surface area contributed by atoms with E-state index >= 15 is 0 Å². The summed E-state index contributed by atoms with van der Waals surface area (Å²) in [7, 11) is 0. The summed E-state index contributed by atoms with van der Waals surface area (Å²) in [4.78, 5) is 25.8. The number of rotatable bonds is 9. The van der Waals surface area contributed by atoms with E-state index in [1.807, 2.05) is 62.4 Å². The Balaban J connectivity index is 1.09. The highest BCUT2D eigenvalue weighted by molar-refractivity contribution is 5.94. The number of hydrogen-bond acceptors (Lipinski definition) is 3. The number of hydrogen-bond donors (Lipinski definition) is 2. The average Bonchev–Trinajstić information content (AvgIpc) is 2.84. The van der Waals surface area contributed by atoms with Gasteiger partial charge >= 0.3 is 0 Å². The van der Waals surface area contributed by atoms with Gasteiger partial charge in [-0.2, -0.15) is 0 Å². The molecule has 4 aliphatic rings. The molecule has 35 heavy (non-hydrogen) atoms. The summed E-state index contributed by atoms with van der Waals surface area (Å²) >= 11 is 0. The lowest BCUT2D eigenvalue weighted by atomic mass is 9.49. The van der Waals surface area contributed by atoms with Gasteiger partial charge in [-0.3, -0.25) is 9.59 Å². The second-order valence-electron chi connectivity index (χ2n) is 11.4. The fourth-order valence-electron chi connectivity index (χ4n) is 6.83. The Bertz CT molecular complexity index is 1010. The summed E-state index contributed by atoms with van der Waals surface area (Å²) in [6.45, 7) is 5.65. The summed E-state index contributed by atoms with van der Waals surface area (Å²) < 4.78 is 5.63. The van der Waals surface area contributed by atoms with Gasteiger partial charge in [0.1, 0.15) is 0 Å². The molecule has 0 heterocycles. The zero-order valence-electron chi connectivity index (χ0n) is 21.0. The van der Waals surface area contributed by atoms with E-state index in [1.165, 1.54) is 19.3 Å². The fraction of sp³-hybridized carbons (Fsp3) is 0.533. The molecule has 4 saturated carbocycles. The van der Waals surface area contributed by atoms with Gasteiger partial charge in [0.25, 0.3) is 5.91 Å². The van der Waals surface area contributed by atoms with Gasteiger partial charge < -0.3 is 15.4 Å². The molecular weight excluding hydrogens is 436 g/mol. The minimum absolute atomic E-state index is 0.0960. The van der Waals surface area contributed by atoms with E-state index in [1.54, 1.807) is 0 Å². The number of nitrogens with one attached hydrogen (secondary N) is 2. The highest BCUT2D eigenvalue weighted by Crippen LogP contribution is 2.60. The van der Waals surface area contributed by atoms with Crippen molar-refractivity contribution in [1.29, 1.82) is 0 Å². The Hall–Kier alpha value is -2.66. The second-order valence-corrected chi connectivity index (χ2v) is 11.4. The van der Waals surface area contributed by atoms with Crippen molar-refractivity contribution in [2.75, 3.05) is 0 Å². The predicted octanol–water partition coefficient (Wildman–Crippen LogP) is 5.37. The molecular formula is C30H38N2O3. The van der Waals surface area contributed by atoms with Crippen LogP contribution in [0.5, 0.6) is 0 Å². The van der Waals surface area contributed by atoms with E-state index < -0.39 is 0 Å². The maximum Gasteiger partial charge on any atom is 0.251 e. The Morgan fingerprint density at radius 2 is 1.29 bits per heavy atom.